The van der Waals surface area contributed by atoms with Crippen LogP contribution in [-0.4, -0.2) is 35.7 Å². The smallest absolute Gasteiger partial charge is 0.293 e. The van der Waals surface area contributed by atoms with Crippen LogP contribution in [0.1, 0.15) is 16.7 Å². The highest BCUT2D eigenvalue weighted by Gasteiger charge is 2.35. The van der Waals surface area contributed by atoms with Crippen molar-refractivity contribution in [1.82, 2.24) is 4.90 Å². The van der Waals surface area contributed by atoms with E-state index in [1.807, 2.05) is 31.2 Å². The van der Waals surface area contributed by atoms with Gasteiger partial charge in [0.05, 0.1) is 34.3 Å². The van der Waals surface area contributed by atoms with E-state index in [0.717, 1.165) is 22.9 Å². The fourth-order valence-electron chi connectivity index (χ4n) is 3.60. The number of carbonyl (C=O) groups excluding carboxylic acids is 3. The number of nitrogens with one attached hydrogen (secondary N) is 1. The number of rotatable bonds is 8. The molecule has 0 aliphatic carbocycles. The first-order chi connectivity index (χ1) is 17.8. The molecule has 0 unspecified atom stereocenters. The van der Waals surface area contributed by atoms with Crippen LogP contribution < -0.4 is 14.8 Å². The highest BCUT2D eigenvalue weighted by atomic mass is 35.5. The summed E-state index contributed by atoms with van der Waals surface area (Å²) in [6, 6.07) is 17.6. The minimum absolute atomic E-state index is 0.170. The zero-order valence-electron chi connectivity index (χ0n) is 19.9. The number of aryl methyl sites for hydroxylation is 1. The van der Waals surface area contributed by atoms with Crippen molar-refractivity contribution in [3.05, 3.63) is 92.3 Å². The van der Waals surface area contributed by atoms with Gasteiger partial charge in [0.1, 0.15) is 0 Å². The van der Waals surface area contributed by atoms with Gasteiger partial charge in [-0.3, -0.25) is 19.3 Å². The van der Waals surface area contributed by atoms with Crippen LogP contribution in [0.15, 0.2) is 65.6 Å². The van der Waals surface area contributed by atoms with Crippen molar-refractivity contribution in [1.29, 1.82) is 0 Å². The number of thioether (sulfide) groups is 1. The first kappa shape index (κ1) is 26.6. The highest BCUT2D eigenvalue weighted by molar-refractivity contribution is 8.18. The maximum Gasteiger partial charge on any atom is 0.293 e. The molecule has 1 heterocycles. The Bertz CT molecular complexity index is 1410. The second-order valence-electron chi connectivity index (χ2n) is 8.05. The van der Waals surface area contributed by atoms with E-state index in [0.29, 0.717) is 16.3 Å². The summed E-state index contributed by atoms with van der Waals surface area (Å²) in [5.41, 5.74) is 2.90. The molecule has 7 nitrogen and oxygen atoms in total. The topological polar surface area (TPSA) is 84.9 Å². The van der Waals surface area contributed by atoms with Gasteiger partial charge in [-0.1, -0.05) is 59.6 Å². The molecule has 0 radical (unpaired) electrons. The van der Waals surface area contributed by atoms with Gasteiger partial charge in [-0.25, -0.2) is 0 Å². The average Bonchev–Trinajstić information content (AvgIpc) is 3.13. The molecule has 37 heavy (non-hydrogen) atoms. The van der Waals surface area contributed by atoms with Gasteiger partial charge in [0.15, 0.2) is 18.1 Å². The molecule has 1 aliphatic heterocycles. The largest absolute Gasteiger partial charge is 0.493 e. The zero-order valence-corrected chi connectivity index (χ0v) is 22.2. The third-order valence-electron chi connectivity index (χ3n) is 5.51. The van der Waals surface area contributed by atoms with Crippen molar-refractivity contribution in [3.8, 4) is 11.5 Å². The average molecular weight is 557 g/mol. The molecule has 3 aromatic carbocycles. The van der Waals surface area contributed by atoms with Gasteiger partial charge < -0.3 is 14.8 Å². The molecular weight excluding hydrogens is 535 g/mol. The number of hydrogen-bond acceptors (Lipinski definition) is 6. The Morgan fingerprint density at radius 1 is 1.05 bits per heavy atom. The van der Waals surface area contributed by atoms with Crippen LogP contribution in [-0.2, 0) is 16.1 Å². The lowest BCUT2D eigenvalue weighted by Crippen LogP contribution is -2.27. The second kappa shape index (κ2) is 11.7. The second-order valence-corrected chi connectivity index (χ2v) is 9.85. The Labute approximate surface area is 228 Å². The molecule has 4 rings (SSSR count). The number of ether oxygens (including phenoxy) is 2. The van der Waals surface area contributed by atoms with E-state index in [-0.39, 0.29) is 45.7 Å². The van der Waals surface area contributed by atoms with E-state index in [1.54, 1.807) is 42.5 Å². The first-order valence-corrected chi connectivity index (χ1v) is 12.7. The Morgan fingerprint density at radius 2 is 1.78 bits per heavy atom. The lowest BCUT2D eigenvalue weighted by Gasteiger charge is -2.14. The number of anilines is 1. The minimum atomic E-state index is -0.433. The Balaban J connectivity index is 1.48. The summed E-state index contributed by atoms with van der Waals surface area (Å²) in [6.07, 6.45) is 1.57. The van der Waals surface area contributed by atoms with Crippen LogP contribution in [0.3, 0.4) is 0 Å². The minimum Gasteiger partial charge on any atom is -0.493 e. The molecule has 10 heteroatoms. The molecule has 0 bridgehead atoms. The highest BCUT2D eigenvalue weighted by Crippen LogP contribution is 2.39. The van der Waals surface area contributed by atoms with E-state index in [4.69, 9.17) is 32.7 Å². The van der Waals surface area contributed by atoms with Crippen molar-refractivity contribution < 1.29 is 23.9 Å². The van der Waals surface area contributed by atoms with Gasteiger partial charge >= 0.3 is 0 Å². The van der Waals surface area contributed by atoms with Gasteiger partial charge in [0, 0.05) is 0 Å². The fraction of sp³-hybridized carbons (Fsp3) is 0.148. The molecule has 0 saturated carbocycles. The molecule has 1 N–H and O–H groups in total. The number of benzene rings is 3. The molecule has 3 aromatic rings. The van der Waals surface area contributed by atoms with Crippen LogP contribution in [0, 0.1) is 6.92 Å². The molecule has 0 aromatic heterocycles. The van der Waals surface area contributed by atoms with Crippen molar-refractivity contribution in [2.24, 2.45) is 0 Å². The van der Waals surface area contributed by atoms with E-state index in [2.05, 4.69) is 5.32 Å². The maximum absolute atomic E-state index is 13.0. The van der Waals surface area contributed by atoms with Gasteiger partial charge in [-0.15, -0.1) is 0 Å². The van der Waals surface area contributed by atoms with Gasteiger partial charge in [-0.2, -0.15) is 0 Å². The Kier molecular flexibility index (Phi) is 8.43. The molecule has 0 atom stereocenters. The summed E-state index contributed by atoms with van der Waals surface area (Å²) in [5, 5.41) is 2.90. The van der Waals surface area contributed by atoms with Crippen LogP contribution in [0.5, 0.6) is 11.5 Å². The van der Waals surface area contributed by atoms with Crippen LogP contribution >= 0.6 is 35.0 Å². The molecule has 1 saturated heterocycles. The van der Waals surface area contributed by atoms with Crippen molar-refractivity contribution in [2.45, 2.75) is 13.5 Å². The first-order valence-electron chi connectivity index (χ1n) is 11.1. The fourth-order valence-corrected chi connectivity index (χ4v) is 4.89. The summed E-state index contributed by atoms with van der Waals surface area (Å²) in [4.78, 5) is 39.3. The van der Waals surface area contributed by atoms with Crippen molar-refractivity contribution in [3.63, 3.8) is 0 Å². The summed E-state index contributed by atoms with van der Waals surface area (Å²) in [5.74, 6) is -0.380. The Morgan fingerprint density at radius 3 is 2.51 bits per heavy atom. The summed E-state index contributed by atoms with van der Waals surface area (Å²) in [6.45, 7) is 1.79. The molecule has 0 spiro atoms. The number of imide groups is 1. The summed E-state index contributed by atoms with van der Waals surface area (Å²) >= 11 is 13.4. The summed E-state index contributed by atoms with van der Waals surface area (Å²) in [7, 11) is 1.43. The third kappa shape index (κ3) is 6.28. The van der Waals surface area contributed by atoms with Crippen LogP contribution in [0.2, 0.25) is 10.0 Å². The molecule has 1 aliphatic rings. The SMILES string of the molecule is COc1cc(/C=C2\SC(=O)N(Cc3ccccc3C)C2=O)cc(Cl)c1OCC(=O)Nc1ccccc1Cl. The predicted octanol–water partition coefficient (Wildman–Crippen LogP) is 6.56. The monoisotopic (exact) mass is 556 g/mol. The van der Waals surface area contributed by atoms with Crippen molar-refractivity contribution >= 4 is 63.8 Å². The van der Waals surface area contributed by atoms with Crippen LogP contribution in [0.25, 0.3) is 6.08 Å². The van der Waals surface area contributed by atoms with Gasteiger partial charge in [0.2, 0.25) is 0 Å². The third-order valence-corrected chi connectivity index (χ3v) is 7.03. The van der Waals surface area contributed by atoms with Gasteiger partial charge in [-0.05, 0) is 65.7 Å². The number of methoxy groups -OCH3 is 1. The quantitative estimate of drug-likeness (QED) is 0.316. The number of amides is 3. The standard InChI is InChI=1S/C27H22Cl2N2O5S/c1-16-7-3-4-8-18(16)14-31-26(33)23(37-27(31)34)13-17-11-20(29)25(22(12-17)35-2)36-15-24(32)30-21-10-6-5-9-19(21)28/h3-13H,14-15H2,1-2H3,(H,30,32)/b23-13-. The maximum atomic E-state index is 13.0. The van der Waals surface area contributed by atoms with E-state index >= 15 is 0 Å². The number of nitrogens with zero attached hydrogens (tertiary/aromatic N) is 1. The molecule has 1 fully saturated rings. The zero-order chi connectivity index (χ0) is 26.5. The molecular formula is C27H22Cl2N2O5S. The number of para-hydroxylation sites is 1. The van der Waals surface area contributed by atoms with Crippen molar-refractivity contribution in [2.75, 3.05) is 19.0 Å². The van der Waals surface area contributed by atoms with E-state index < -0.39 is 5.91 Å². The molecule has 3 amide bonds. The lowest BCUT2D eigenvalue weighted by atomic mass is 10.1. The number of carbonyl (C=O) groups is 3. The summed E-state index contributed by atoms with van der Waals surface area (Å²) < 4.78 is 11.0. The number of halogens is 2. The normalized spacial score (nSPS) is 14.3. The van der Waals surface area contributed by atoms with Gasteiger partial charge in [0.25, 0.3) is 17.1 Å². The lowest BCUT2D eigenvalue weighted by molar-refractivity contribution is -0.123. The van der Waals surface area contributed by atoms with Crippen LogP contribution in [0.4, 0.5) is 10.5 Å². The number of hydrogen-bond donors (Lipinski definition) is 1. The molecule has 190 valence electrons. The Hall–Kier alpha value is -3.46. The van der Waals surface area contributed by atoms with E-state index in [9.17, 15) is 14.4 Å². The predicted molar refractivity (Wildman–Crippen MR) is 146 cm³/mol. The van der Waals surface area contributed by atoms with E-state index in [1.165, 1.54) is 12.0 Å².